The van der Waals surface area contributed by atoms with E-state index in [0.717, 1.165) is 5.56 Å². The van der Waals surface area contributed by atoms with E-state index in [1.54, 1.807) is 4.90 Å². The van der Waals surface area contributed by atoms with Gasteiger partial charge in [-0.1, -0.05) is 19.9 Å². The number of ether oxygens (including phenoxy) is 3. The monoisotopic (exact) mass is 423 g/mol. The van der Waals surface area contributed by atoms with Gasteiger partial charge in [0.05, 0.1) is 20.1 Å². The van der Waals surface area contributed by atoms with Crippen molar-refractivity contribution in [1.29, 1.82) is 0 Å². The summed E-state index contributed by atoms with van der Waals surface area (Å²) in [5, 5.41) is 0. The number of carbonyl (C=O) groups is 2. The zero-order chi connectivity index (χ0) is 22.6. The minimum absolute atomic E-state index is 0.0735. The molecule has 1 aromatic rings. The predicted octanol–water partition coefficient (Wildman–Crippen LogP) is 4.86. The lowest BCUT2D eigenvalue weighted by Gasteiger charge is -2.36. The molecule has 1 unspecified atom stereocenters. The lowest BCUT2D eigenvalue weighted by molar-refractivity contribution is -0.144. The second kappa shape index (κ2) is 9.67. The van der Waals surface area contributed by atoms with E-state index < -0.39 is 23.3 Å². The van der Waals surface area contributed by atoms with E-state index >= 15 is 0 Å². The molecule has 6 nitrogen and oxygen atoms in total. The largest absolute Gasteiger partial charge is 0.493 e. The summed E-state index contributed by atoms with van der Waals surface area (Å²) in [4.78, 5) is 26.8. The van der Waals surface area contributed by atoms with E-state index in [2.05, 4.69) is 0 Å². The number of carbonyl (C=O) groups excluding carboxylic acids is 2. The van der Waals surface area contributed by atoms with Crippen LogP contribution in [0.1, 0.15) is 70.4 Å². The van der Waals surface area contributed by atoms with Gasteiger partial charge in [0.1, 0.15) is 5.60 Å². The molecular weight excluding hydrogens is 389 g/mol. The van der Waals surface area contributed by atoms with E-state index in [4.69, 9.17) is 14.2 Å². The molecule has 0 spiro atoms. The molecule has 1 aromatic carbocycles. The molecule has 0 N–H and O–H groups in total. The van der Waals surface area contributed by atoms with Gasteiger partial charge in [0.2, 0.25) is 0 Å². The molecule has 1 saturated heterocycles. The Balaban J connectivity index is 2.31. The first-order valence-corrected chi connectivity index (χ1v) is 10.4. The molecule has 1 fully saturated rings. The maximum Gasteiger partial charge on any atom is 0.410 e. The number of hydrogen-bond donors (Lipinski definition) is 0. The molecule has 1 amide bonds. The van der Waals surface area contributed by atoms with Gasteiger partial charge in [-0.05, 0) is 57.1 Å². The Labute approximate surface area is 178 Å². The summed E-state index contributed by atoms with van der Waals surface area (Å²) in [5.41, 5.74) is 0.733. The zero-order valence-corrected chi connectivity index (χ0v) is 19.1. The molecule has 0 bridgehead atoms. The number of likely N-dealkylation sites (tertiary alicyclic amines) is 1. The molecule has 1 heterocycles. The minimum Gasteiger partial charge on any atom is -0.493 e. The number of piperidine rings is 1. The summed E-state index contributed by atoms with van der Waals surface area (Å²) >= 11 is 0. The van der Waals surface area contributed by atoms with Gasteiger partial charge in [0.15, 0.2) is 11.6 Å². The maximum absolute atomic E-state index is 14.7. The van der Waals surface area contributed by atoms with Crippen LogP contribution < -0.4 is 4.74 Å². The Morgan fingerprint density at radius 1 is 1.13 bits per heavy atom. The van der Waals surface area contributed by atoms with Gasteiger partial charge in [-0.25, -0.2) is 9.18 Å². The molecule has 1 aliphatic rings. The lowest BCUT2D eigenvalue weighted by atomic mass is 9.78. The average Bonchev–Trinajstić information content (AvgIpc) is 2.66. The molecular formula is C23H34FNO5. The summed E-state index contributed by atoms with van der Waals surface area (Å²) in [6, 6.07) is 3.29. The van der Waals surface area contributed by atoms with Crippen LogP contribution >= 0.6 is 0 Å². The Hall–Kier alpha value is -2.31. The smallest absolute Gasteiger partial charge is 0.410 e. The number of rotatable bonds is 5. The molecule has 1 atom stereocenters. The average molecular weight is 424 g/mol. The standard InChI is InChI=1S/C23H34FNO5/c1-14(2)16-12-17(20(28-6)18(24)13-16)19(21(26)29-7)15-8-10-25(11-9-15)22(27)30-23(3,4)5/h12-15,19H,8-11H2,1-7H3. The fourth-order valence-corrected chi connectivity index (χ4v) is 3.86. The van der Waals surface area contributed by atoms with Crippen LogP contribution in [0.5, 0.6) is 5.75 Å². The third kappa shape index (κ3) is 5.64. The number of benzene rings is 1. The van der Waals surface area contributed by atoms with Gasteiger partial charge in [0, 0.05) is 18.7 Å². The highest BCUT2D eigenvalue weighted by Crippen LogP contribution is 2.41. The van der Waals surface area contributed by atoms with Crippen molar-refractivity contribution in [3.63, 3.8) is 0 Å². The van der Waals surface area contributed by atoms with E-state index in [9.17, 15) is 14.0 Å². The van der Waals surface area contributed by atoms with Crippen LogP contribution in [-0.4, -0.2) is 49.9 Å². The van der Waals surface area contributed by atoms with Crippen LogP contribution in [0.2, 0.25) is 0 Å². The Bertz CT molecular complexity index is 764. The summed E-state index contributed by atoms with van der Waals surface area (Å²) in [7, 11) is 2.73. The van der Waals surface area contributed by atoms with Crippen molar-refractivity contribution in [3.05, 3.63) is 29.1 Å². The molecule has 0 aromatic heterocycles. The predicted molar refractivity (Wildman–Crippen MR) is 112 cm³/mol. The normalized spacial score (nSPS) is 16.4. The zero-order valence-electron chi connectivity index (χ0n) is 19.1. The Kier molecular flexibility index (Phi) is 7.72. The van der Waals surface area contributed by atoms with Crippen molar-refractivity contribution in [1.82, 2.24) is 4.90 Å². The fraction of sp³-hybridized carbons (Fsp3) is 0.652. The van der Waals surface area contributed by atoms with E-state index in [1.165, 1.54) is 20.3 Å². The Morgan fingerprint density at radius 2 is 1.73 bits per heavy atom. The third-order valence-electron chi connectivity index (χ3n) is 5.42. The molecule has 168 valence electrons. The maximum atomic E-state index is 14.7. The SMILES string of the molecule is COC(=O)C(c1cc(C(C)C)cc(F)c1OC)C1CCN(C(=O)OC(C)(C)C)CC1. The van der Waals surface area contributed by atoms with Crippen molar-refractivity contribution in [2.24, 2.45) is 5.92 Å². The first-order chi connectivity index (χ1) is 14.0. The van der Waals surface area contributed by atoms with Crippen molar-refractivity contribution in [2.75, 3.05) is 27.3 Å². The molecule has 1 aliphatic heterocycles. The summed E-state index contributed by atoms with van der Waals surface area (Å²) < 4.78 is 30.6. The van der Waals surface area contributed by atoms with Crippen molar-refractivity contribution in [3.8, 4) is 5.75 Å². The summed E-state index contributed by atoms with van der Waals surface area (Å²) in [6.07, 6.45) is 0.798. The topological polar surface area (TPSA) is 65.1 Å². The van der Waals surface area contributed by atoms with Gasteiger partial charge in [-0.3, -0.25) is 4.79 Å². The van der Waals surface area contributed by atoms with E-state index in [0.29, 0.717) is 31.5 Å². The van der Waals surface area contributed by atoms with Gasteiger partial charge >= 0.3 is 12.1 Å². The second-order valence-electron chi connectivity index (χ2n) is 9.09. The van der Waals surface area contributed by atoms with E-state index in [1.807, 2.05) is 40.7 Å². The van der Waals surface area contributed by atoms with Crippen LogP contribution in [-0.2, 0) is 14.3 Å². The van der Waals surface area contributed by atoms with Crippen LogP contribution in [0, 0.1) is 11.7 Å². The van der Waals surface area contributed by atoms with Crippen molar-refractivity contribution >= 4 is 12.1 Å². The Morgan fingerprint density at radius 3 is 2.20 bits per heavy atom. The first kappa shape index (κ1) is 24.0. The number of methoxy groups -OCH3 is 2. The van der Waals surface area contributed by atoms with Gasteiger partial charge in [-0.15, -0.1) is 0 Å². The fourth-order valence-electron chi connectivity index (χ4n) is 3.86. The van der Waals surface area contributed by atoms with Crippen LogP contribution in [0.4, 0.5) is 9.18 Å². The summed E-state index contributed by atoms with van der Waals surface area (Å²) in [5.74, 6) is -1.52. The van der Waals surface area contributed by atoms with Gasteiger partial charge in [-0.2, -0.15) is 0 Å². The second-order valence-corrected chi connectivity index (χ2v) is 9.09. The highest BCUT2D eigenvalue weighted by atomic mass is 19.1. The molecule has 0 saturated carbocycles. The lowest BCUT2D eigenvalue weighted by Crippen LogP contribution is -2.43. The van der Waals surface area contributed by atoms with Crippen molar-refractivity contribution < 1.29 is 28.2 Å². The van der Waals surface area contributed by atoms with Crippen LogP contribution in [0.25, 0.3) is 0 Å². The number of hydrogen-bond acceptors (Lipinski definition) is 5. The number of amides is 1. The molecule has 2 rings (SSSR count). The molecule has 0 radical (unpaired) electrons. The molecule has 30 heavy (non-hydrogen) atoms. The van der Waals surface area contributed by atoms with Gasteiger partial charge < -0.3 is 19.1 Å². The highest BCUT2D eigenvalue weighted by molar-refractivity contribution is 5.80. The third-order valence-corrected chi connectivity index (χ3v) is 5.42. The first-order valence-electron chi connectivity index (χ1n) is 10.4. The van der Waals surface area contributed by atoms with Crippen molar-refractivity contribution in [2.45, 2.75) is 64.9 Å². The molecule has 0 aliphatic carbocycles. The molecule has 7 heteroatoms. The summed E-state index contributed by atoms with van der Waals surface area (Å²) in [6.45, 7) is 10.3. The van der Waals surface area contributed by atoms with Gasteiger partial charge in [0.25, 0.3) is 0 Å². The van der Waals surface area contributed by atoms with E-state index in [-0.39, 0.29) is 23.7 Å². The van der Waals surface area contributed by atoms with Crippen LogP contribution in [0.3, 0.4) is 0 Å². The highest BCUT2D eigenvalue weighted by Gasteiger charge is 2.38. The minimum atomic E-state index is -0.668. The number of nitrogens with zero attached hydrogens (tertiary/aromatic N) is 1. The number of esters is 1. The number of halogens is 1. The van der Waals surface area contributed by atoms with Crippen LogP contribution in [0.15, 0.2) is 12.1 Å². The quantitative estimate of drug-likeness (QED) is 0.633.